The van der Waals surface area contributed by atoms with Crippen molar-refractivity contribution in [2.24, 2.45) is 0 Å². The Kier molecular flexibility index (Phi) is 4.70. The van der Waals surface area contributed by atoms with E-state index in [1.165, 1.54) is 5.56 Å². The minimum atomic E-state index is -0.0981. The van der Waals surface area contributed by atoms with E-state index >= 15 is 0 Å². The normalized spacial score (nSPS) is 10.6. The standard InChI is InChI=1S/C19H20N4O/c1-14-6-5-7-16(10-14)13-23-18(11-15(2)22-23)21-19(24)12-17-8-3-4-9-20-17/h3-11H,12-13H2,1-2H3,(H,21,24). The van der Waals surface area contributed by atoms with Crippen LogP contribution in [-0.2, 0) is 17.8 Å². The van der Waals surface area contributed by atoms with Gasteiger partial charge in [-0.2, -0.15) is 5.10 Å². The van der Waals surface area contributed by atoms with E-state index in [2.05, 4.69) is 40.5 Å². The van der Waals surface area contributed by atoms with E-state index in [0.717, 1.165) is 17.0 Å². The fraction of sp³-hybridized carbons (Fsp3) is 0.211. The first-order chi connectivity index (χ1) is 11.6. The highest BCUT2D eigenvalue weighted by Crippen LogP contribution is 2.14. The number of aromatic nitrogens is 3. The van der Waals surface area contributed by atoms with Gasteiger partial charge in [0.15, 0.2) is 0 Å². The molecule has 0 unspecified atom stereocenters. The highest BCUT2D eigenvalue weighted by molar-refractivity contribution is 5.91. The molecule has 0 bridgehead atoms. The van der Waals surface area contributed by atoms with Crippen LogP contribution < -0.4 is 5.32 Å². The Morgan fingerprint density at radius 3 is 2.75 bits per heavy atom. The van der Waals surface area contributed by atoms with Gasteiger partial charge >= 0.3 is 0 Å². The van der Waals surface area contributed by atoms with Crippen LogP contribution in [-0.4, -0.2) is 20.7 Å². The first-order valence-electron chi connectivity index (χ1n) is 7.90. The van der Waals surface area contributed by atoms with E-state index in [0.29, 0.717) is 12.4 Å². The molecule has 0 atom stereocenters. The molecule has 1 aromatic carbocycles. The maximum absolute atomic E-state index is 12.3. The number of aryl methyl sites for hydroxylation is 2. The number of nitrogens with one attached hydrogen (secondary N) is 1. The summed E-state index contributed by atoms with van der Waals surface area (Å²) in [6, 6.07) is 15.7. The van der Waals surface area contributed by atoms with Gasteiger partial charge in [-0.15, -0.1) is 0 Å². The lowest BCUT2D eigenvalue weighted by Crippen LogP contribution is -2.18. The molecule has 5 nitrogen and oxygen atoms in total. The highest BCUT2D eigenvalue weighted by atomic mass is 16.1. The van der Waals surface area contributed by atoms with Crippen molar-refractivity contribution in [1.82, 2.24) is 14.8 Å². The SMILES string of the molecule is Cc1cccc(Cn2nc(C)cc2NC(=O)Cc2ccccn2)c1. The zero-order chi connectivity index (χ0) is 16.9. The van der Waals surface area contributed by atoms with E-state index in [4.69, 9.17) is 0 Å². The summed E-state index contributed by atoms with van der Waals surface area (Å²) < 4.78 is 1.82. The average Bonchev–Trinajstić information content (AvgIpc) is 2.87. The number of carbonyl (C=O) groups excluding carboxylic acids is 1. The van der Waals surface area contributed by atoms with Crippen LogP contribution in [0.2, 0.25) is 0 Å². The van der Waals surface area contributed by atoms with Crippen molar-refractivity contribution >= 4 is 11.7 Å². The Labute approximate surface area is 141 Å². The molecule has 0 aliphatic carbocycles. The van der Waals surface area contributed by atoms with Gasteiger partial charge in [0.05, 0.1) is 18.7 Å². The number of hydrogen-bond acceptors (Lipinski definition) is 3. The summed E-state index contributed by atoms with van der Waals surface area (Å²) in [6.45, 7) is 4.60. The molecule has 0 saturated heterocycles. The number of rotatable bonds is 5. The van der Waals surface area contributed by atoms with Crippen molar-refractivity contribution in [3.05, 3.63) is 77.2 Å². The molecule has 0 aliphatic heterocycles. The van der Waals surface area contributed by atoms with Crippen LogP contribution in [0.1, 0.15) is 22.5 Å². The fourth-order valence-corrected chi connectivity index (χ4v) is 2.60. The lowest BCUT2D eigenvalue weighted by atomic mass is 10.1. The second-order valence-electron chi connectivity index (χ2n) is 5.86. The Morgan fingerprint density at radius 2 is 2.00 bits per heavy atom. The van der Waals surface area contributed by atoms with E-state index in [1.54, 1.807) is 6.20 Å². The lowest BCUT2D eigenvalue weighted by molar-refractivity contribution is -0.115. The largest absolute Gasteiger partial charge is 0.311 e. The molecule has 2 aromatic heterocycles. The zero-order valence-electron chi connectivity index (χ0n) is 13.9. The van der Waals surface area contributed by atoms with Gasteiger partial charge in [-0.05, 0) is 31.5 Å². The molecular formula is C19H20N4O. The van der Waals surface area contributed by atoms with E-state index < -0.39 is 0 Å². The number of pyridine rings is 1. The molecule has 5 heteroatoms. The number of hydrogen-bond donors (Lipinski definition) is 1. The van der Waals surface area contributed by atoms with Crippen LogP contribution in [0, 0.1) is 13.8 Å². The maximum Gasteiger partial charge on any atom is 0.231 e. The predicted molar refractivity (Wildman–Crippen MR) is 93.8 cm³/mol. The molecule has 0 fully saturated rings. The van der Waals surface area contributed by atoms with E-state index in [-0.39, 0.29) is 12.3 Å². The minimum absolute atomic E-state index is 0.0981. The zero-order valence-corrected chi connectivity index (χ0v) is 13.9. The first kappa shape index (κ1) is 15.9. The average molecular weight is 320 g/mol. The second-order valence-corrected chi connectivity index (χ2v) is 5.86. The molecule has 1 amide bonds. The Hall–Kier alpha value is -2.95. The molecule has 0 spiro atoms. The smallest absolute Gasteiger partial charge is 0.231 e. The molecule has 0 aliphatic rings. The van der Waals surface area contributed by atoms with Crippen LogP contribution in [0.25, 0.3) is 0 Å². The molecule has 24 heavy (non-hydrogen) atoms. The van der Waals surface area contributed by atoms with E-state index in [9.17, 15) is 4.79 Å². The summed E-state index contributed by atoms with van der Waals surface area (Å²) in [4.78, 5) is 16.4. The Bertz CT molecular complexity index is 840. The molecule has 3 aromatic rings. The monoisotopic (exact) mass is 320 g/mol. The van der Waals surface area contributed by atoms with Gasteiger partial charge in [-0.1, -0.05) is 35.9 Å². The number of amides is 1. The molecule has 0 saturated carbocycles. The van der Waals surface area contributed by atoms with Gasteiger partial charge in [0.2, 0.25) is 5.91 Å². The molecule has 2 heterocycles. The van der Waals surface area contributed by atoms with Crippen LogP contribution in [0.3, 0.4) is 0 Å². The van der Waals surface area contributed by atoms with Gasteiger partial charge in [0.1, 0.15) is 5.82 Å². The van der Waals surface area contributed by atoms with Gasteiger partial charge in [0, 0.05) is 18.0 Å². The summed E-state index contributed by atoms with van der Waals surface area (Å²) in [6.07, 6.45) is 1.93. The summed E-state index contributed by atoms with van der Waals surface area (Å²) in [7, 11) is 0. The summed E-state index contributed by atoms with van der Waals surface area (Å²) in [5, 5.41) is 7.42. The third-order valence-electron chi connectivity index (χ3n) is 3.65. The molecular weight excluding hydrogens is 300 g/mol. The van der Waals surface area contributed by atoms with Gasteiger partial charge in [0.25, 0.3) is 0 Å². The quantitative estimate of drug-likeness (QED) is 0.786. The van der Waals surface area contributed by atoms with Crippen LogP contribution >= 0.6 is 0 Å². The topological polar surface area (TPSA) is 59.8 Å². The number of carbonyl (C=O) groups is 1. The summed E-state index contributed by atoms with van der Waals surface area (Å²) in [5.41, 5.74) is 3.97. The Morgan fingerprint density at radius 1 is 1.12 bits per heavy atom. The summed E-state index contributed by atoms with van der Waals surface area (Å²) >= 11 is 0. The van der Waals surface area contributed by atoms with Crippen molar-refractivity contribution in [2.75, 3.05) is 5.32 Å². The minimum Gasteiger partial charge on any atom is -0.311 e. The van der Waals surface area contributed by atoms with Crippen LogP contribution in [0.4, 0.5) is 5.82 Å². The number of nitrogens with zero attached hydrogens (tertiary/aromatic N) is 3. The van der Waals surface area contributed by atoms with Crippen molar-refractivity contribution < 1.29 is 4.79 Å². The van der Waals surface area contributed by atoms with E-state index in [1.807, 2.05) is 41.9 Å². The maximum atomic E-state index is 12.3. The van der Waals surface area contributed by atoms with Gasteiger partial charge in [-0.25, -0.2) is 4.68 Å². The molecule has 0 radical (unpaired) electrons. The van der Waals surface area contributed by atoms with Crippen molar-refractivity contribution in [3.63, 3.8) is 0 Å². The third kappa shape index (κ3) is 4.07. The van der Waals surface area contributed by atoms with Gasteiger partial charge in [-0.3, -0.25) is 9.78 Å². The van der Waals surface area contributed by atoms with Gasteiger partial charge < -0.3 is 5.32 Å². The Balaban J connectivity index is 1.73. The molecule has 3 rings (SSSR count). The molecule has 122 valence electrons. The third-order valence-corrected chi connectivity index (χ3v) is 3.65. The fourth-order valence-electron chi connectivity index (χ4n) is 2.60. The second kappa shape index (κ2) is 7.08. The number of anilines is 1. The molecule has 1 N–H and O–H groups in total. The first-order valence-corrected chi connectivity index (χ1v) is 7.90. The highest BCUT2D eigenvalue weighted by Gasteiger charge is 2.11. The van der Waals surface area contributed by atoms with Crippen molar-refractivity contribution in [3.8, 4) is 0 Å². The predicted octanol–water partition coefficient (Wildman–Crippen LogP) is 3.12. The summed E-state index contributed by atoms with van der Waals surface area (Å²) in [5.74, 6) is 0.606. The lowest BCUT2D eigenvalue weighted by Gasteiger charge is -2.09. The van der Waals surface area contributed by atoms with Crippen molar-refractivity contribution in [2.45, 2.75) is 26.8 Å². The van der Waals surface area contributed by atoms with Crippen LogP contribution in [0.15, 0.2) is 54.7 Å². The van der Waals surface area contributed by atoms with Crippen LogP contribution in [0.5, 0.6) is 0 Å². The van der Waals surface area contributed by atoms with Crippen molar-refractivity contribution in [1.29, 1.82) is 0 Å². The number of benzene rings is 1.